The molecule has 0 unspecified atom stereocenters. The fourth-order valence-electron chi connectivity index (χ4n) is 1.35. The van der Waals surface area contributed by atoms with E-state index in [1.54, 1.807) is 0 Å². The number of benzene rings is 1. The Hall–Kier alpha value is -1.52. The number of halogens is 3. The highest BCUT2D eigenvalue weighted by atomic mass is 19.4. The molecule has 0 radical (unpaired) electrons. The van der Waals surface area contributed by atoms with Crippen molar-refractivity contribution in [1.82, 2.24) is 0 Å². The van der Waals surface area contributed by atoms with E-state index < -0.39 is 17.7 Å². The maximum Gasteiger partial charge on any atom is 0.416 e. The van der Waals surface area contributed by atoms with Gasteiger partial charge in [-0.25, -0.2) is 0 Å². The molecule has 0 saturated heterocycles. The van der Waals surface area contributed by atoms with Crippen LogP contribution in [0.5, 0.6) is 0 Å². The first-order valence-electron chi connectivity index (χ1n) is 4.67. The molecule has 0 aliphatic carbocycles. The average molecular weight is 232 g/mol. The van der Waals surface area contributed by atoms with Crippen molar-refractivity contribution in [3.63, 3.8) is 0 Å². The number of aryl methyl sites for hydroxylation is 1. The van der Waals surface area contributed by atoms with Gasteiger partial charge in [-0.05, 0) is 18.1 Å². The van der Waals surface area contributed by atoms with Crippen molar-refractivity contribution in [2.45, 2.75) is 19.0 Å². The molecule has 1 aromatic carbocycles. The summed E-state index contributed by atoms with van der Waals surface area (Å²) in [5.41, 5.74) is -0.584. The Kier molecular flexibility index (Phi) is 3.93. The van der Waals surface area contributed by atoms with E-state index in [-0.39, 0.29) is 18.4 Å². The van der Waals surface area contributed by atoms with E-state index in [0.29, 0.717) is 0 Å². The molecule has 1 rings (SSSR count). The molecule has 0 N–H and O–H groups in total. The number of rotatable bonds is 3. The fourth-order valence-corrected chi connectivity index (χ4v) is 1.35. The molecule has 0 aromatic heterocycles. The summed E-state index contributed by atoms with van der Waals surface area (Å²) in [4.78, 5) is 10.8. The molecule has 0 aliphatic heterocycles. The van der Waals surface area contributed by atoms with Gasteiger partial charge in [0.25, 0.3) is 0 Å². The molecule has 5 heteroatoms. The van der Waals surface area contributed by atoms with E-state index in [1.165, 1.54) is 25.3 Å². The van der Waals surface area contributed by atoms with Gasteiger partial charge in [0.1, 0.15) is 0 Å². The van der Waals surface area contributed by atoms with Crippen molar-refractivity contribution in [2.24, 2.45) is 0 Å². The van der Waals surface area contributed by atoms with Crippen LogP contribution in [0.15, 0.2) is 24.3 Å². The third-order valence-corrected chi connectivity index (χ3v) is 2.15. The fraction of sp³-hybridized carbons (Fsp3) is 0.364. The smallest absolute Gasteiger partial charge is 0.416 e. The van der Waals surface area contributed by atoms with E-state index in [2.05, 4.69) is 4.74 Å². The number of methoxy groups -OCH3 is 1. The lowest BCUT2D eigenvalue weighted by atomic mass is 10.0. The molecule has 0 spiro atoms. The lowest BCUT2D eigenvalue weighted by molar-refractivity contribution is -0.142. The molecular weight excluding hydrogens is 221 g/mol. The lowest BCUT2D eigenvalue weighted by Crippen LogP contribution is -2.10. The zero-order valence-corrected chi connectivity index (χ0v) is 8.67. The molecular formula is C11H11F3O2. The third kappa shape index (κ3) is 3.25. The lowest BCUT2D eigenvalue weighted by Gasteiger charge is -2.11. The highest BCUT2D eigenvalue weighted by molar-refractivity contribution is 5.69. The standard InChI is InChI=1S/C11H11F3O2/c1-16-10(15)7-6-8-4-2-3-5-9(8)11(12,13)14/h2-5H,6-7H2,1H3. The molecule has 0 amide bonds. The largest absolute Gasteiger partial charge is 0.469 e. The average Bonchev–Trinajstić information content (AvgIpc) is 2.25. The molecule has 16 heavy (non-hydrogen) atoms. The molecule has 0 fully saturated rings. The van der Waals surface area contributed by atoms with Crippen LogP contribution < -0.4 is 0 Å². The predicted molar refractivity (Wildman–Crippen MR) is 51.8 cm³/mol. The number of hydrogen-bond acceptors (Lipinski definition) is 2. The third-order valence-electron chi connectivity index (χ3n) is 2.15. The van der Waals surface area contributed by atoms with Crippen LogP contribution in [0.25, 0.3) is 0 Å². The van der Waals surface area contributed by atoms with Gasteiger partial charge in [-0.3, -0.25) is 4.79 Å². The van der Waals surface area contributed by atoms with Gasteiger partial charge in [0.05, 0.1) is 12.7 Å². The van der Waals surface area contributed by atoms with Gasteiger partial charge in [-0.15, -0.1) is 0 Å². The summed E-state index contributed by atoms with van der Waals surface area (Å²) >= 11 is 0. The van der Waals surface area contributed by atoms with Crippen LogP contribution in [0.3, 0.4) is 0 Å². The van der Waals surface area contributed by atoms with Gasteiger partial charge in [-0.2, -0.15) is 13.2 Å². The van der Waals surface area contributed by atoms with Crippen LogP contribution in [0.1, 0.15) is 17.5 Å². The molecule has 0 atom stereocenters. The summed E-state index contributed by atoms with van der Waals surface area (Å²) < 4.78 is 42.0. The minimum Gasteiger partial charge on any atom is -0.469 e. The number of alkyl halides is 3. The molecule has 88 valence electrons. The summed E-state index contributed by atoms with van der Waals surface area (Å²) in [7, 11) is 1.21. The maximum absolute atomic E-state index is 12.5. The summed E-state index contributed by atoms with van der Waals surface area (Å²) in [6.45, 7) is 0. The second-order valence-electron chi connectivity index (χ2n) is 3.23. The Balaban J connectivity index is 2.84. The van der Waals surface area contributed by atoms with Crippen molar-refractivity contribution >= 4 is 5.97 Å². The van der Waals surface area contributed by atoms with E-state index in [4.69, 9.17) is 0 Å². The topological polar surface area (TPSA) is 26.3 Å². The minimum absolute atomic E-state index is 0.0301. The first kappa shape index (κ1) is 12.5. The Bertz CT molecular complexity index is 372. The highest BCUT2D eigenvalue weighted by Crippen LogP contribution is 2.32. The monoisotopic (exact) mass is 232 g/mol. The maximum atomic E-state index is 12.5. The number of carbonyl (C=O) groups excluding carboxylic acids is 1. The Morgan fingerprint density at radius 2 is 1.94 bits per heavy atom. The first-order valence-corrected chi connectivity index (χ1v) is 4.67. The quantitative estimate of drug-likeness (QED) is 0.749. The van der Waals surface area contributed by atoms with Crippen molar-refractivity contribution in [3.05, 3.63) is 35.4 Å². The molecule has 0 aliphatic rings. The Morgan fingerprint density at radius 1 is 1.31 bits per heavy atom. The van der Waals surface area contributed by atoms with Gasteiger partial charge >= 0.3 is 12.1 Å². The van der Waals surface area contributed by atoms with Crippen LogP contribution >= 0.6 is 0 Å². The molecule has 2 nitrogen and oxygen atoms in total. The Morgan fingerprint density at radius 3 is 2.50 bits per heavy atom. The second-order valence-corrected chi connectivity index (χ2v) is 3.23. The van der Waals surface area contributed by atoms with Gasteiger partial charge < -0.3 is 4.74 Å². The van der Waals surface area contributed by atoms with E-state index in [1.807, 2.05) is 0 Å². The zero-order chi connectivity index (χ0) is 12.2. The Labute approximate surface area is 91.0 Å². The summed E-state index contributed by atoms with van der Waals surface area (Å²) in [6, 6.07) is 5.21. The van der Waals surface area contributed by atoms with Gasteiger partial charge in [-0.1, -0.05) is 18.2 Å². The summed E-state index contributed by atoms with van der Waals surface area (Å²) in [6.07, 6.45) is -4.40. The van der Waals surface area contributed by atoms with E-state index in [9.17, 15) is 18.0 Å². The van der Waals surface area contributed by atoms with Crippen molar-refractivity contribution in [2.75, 3.05) is 7.11 Å². The minimum atomic E-state index is -4.38. The molecule has 0 heterocycles. The van der Waals surface area contributed by atoms with E-state index in [0.717, 1.165) is 6.07 Å². The van der Waals surface area contributed by atoms with Crippen LogP contribution in [-0.4, -0.2) is 13.1 Å². The summed E-state index contributed by atoms with van der Waals surface area (Å²) in [5.74, 6) is -0.517. The predicted octanol–water partition coefficient (Wildman–Crippen LogP) is 2.81. The van der Waals surface area contributed by atoms with Gasteiger partial charge in [0.15, 0.2) is 0 Å². The number of ether oxygens (including phenoxy) is 1. The van der Waals surface area contributed by atoms with Crippen LogP contribution in [0.2, 0.25) is 0 Å². The molecule has 0 bridgehead atoms. The van der Waals surface area contributed by atoms with Crippen molar-refractivity contribution < 1.29 is 22.7 Å². The first-order chi connectivity index (χ1) is 7.45. The van der Waals surface area contributed by atoms with Crippen molar-refractivity contribution in [1.29, 1.82) is 0 Å². The zero-order valence-electron chi connectivity index (χ0n) is 8.67. The second kappa shape index (κ2) is 5.01. The van der Waals surface area contributed by atoms with Crippen molar-refractivity contribution in [3.8, 4) is 0 Å². The SMILES string of the molecule is COC(=O)CCc1ccccc1C(F)(F)F. The number of hydrogen-bond donors (Lipinski definition) is 0. The molecule has 0 saturated carbocycles. The van der Waals surface area contributed by atoms with Gasteiger partial charge in [0, 0.05) is 6.42 Å². The van der Waals surface area contributed by atoms with Crippen LogP contribution in [0.4, 0.5) is 13.2 Å². The van der Waals surface area contributed by atoms with E-state index >= 15 is 0 Å². The summed E-state index contributed by atoms with van der Waals surface area (Å²) in [5, 5.41) is 0. The van der Waals surface area contributed by atoms with Crippen LogP contribution in [-0.2, 0) is 22.1 Å². The molecule has 1 aromatic rings. The van der Waals surface area contributed by atoms with Gasteiger partial charge in [0.2, 0.25) is 0 Å². The van der Waals surface area contributed by atoms with Crippen LogP contribution in [0, 0.1) is 0 Å². The normalized spacial score (nSPS) is 11.2. The number of esters is 1. The number of carbonyl (C=O) groups is 1. The highest BCUT2D eigenvalue weighted by Gasteiger charge is 2.32.